The molecule has 0 unspecified atom stereocenters. The molecule has 0 aliphatic rings. The van der Waals surface area contributed by atoms with Gasteiger partial charge in [0.1, 0.15) is 6.54 Å². The van der Waals surface area contributed by atoms with Crippen LogP contribution in [0.3, 0.4) is 0 Å². The van der Waals surface area contributed by atoms with Gasteiger partial charge in [0.25, 0.3) is 0 Å². The summed E-state index contributed by atoms with van der Waals surface area (Å²) in [6.07, 6.45) is 4.42. The monoisotopic (exact) mass is 345 g/mol. The van der Waals surface area contributed by atoms with Crippen LogP contribution in [0.15, 0.2) is 54.6 Å². The Kier molecular flexibility index (Phi) is 5.72. The lowest BCUT2D eigenvalue weighted by Crippen LogP contribution is -2.36. The van der Waals surface area contributed by atoms with Crippen molar-refractivity contribution in [2.45, 2.75) is 34.2 Å². The molecule has 1 aromatic heterocycles. The van der Waals surface area contributed by atoms with Crippen LogP contribution in [-0.4, -0.2) is 13.1 Å². The van der Waals surface area contributed by atoms with Crippen LogP contribution in [-0.2, 0) is 6.54 Å². The highest BCUT2D eigenvalue weighted by atomic mass is 15.1. The van der Waals surface area contributed by atoms with Gasteiger partial charge in [-0.2, -0.15) is 4.57 Å². The molecular weight excluding hydrogens is 316 g/mol. The lowest BCUT2D eigenvalue weighted by molar-refractivity contribution is -0.669. The zero-order chi connectivity index (χ0) is 18.5. The summed E-state index contributed by atoms with van der Waals surface area (Å²) >= 11 is 0. The molecule has 134 valence electrons. The minimum atomic E-state index is 0.959. The predicted molar refractivity (Wildman–Crippen MR) is 113 cm³/mol. The third-order valence-corrected chi connectivity index (χ3v) is 5.00. The molecule has 0 spiro atoms. The number of nitrogens with zero attached hydrogens (tertiary/aromatic N) is 2. The van der Waals surface area contributed by atoms with E-state index in [4.69, 9.17) is 0 Å². The standard InChI is InChI=1S/C24H29N2/c1-5-25(6-2)22-13-9-20(10-14-22)11-15-23-16-12-21-18-19(4)8-17-24(21)26(23)7-3/h8-18H,5-7H2,1-4H3/q+1. The number of pyridine rings is 1. The van der Waals surface area contributed by atoms with Gasteiger partial charge in [-0.1, -0.05) is 23.8 Å². The van der Waals surface area contributed by atoms with E-state index in [1.54, 1.807) is 0 Å². The molecule has 0 radical (unpaired) electrons. The third kappa shape index (κ3) is 3.80. The quantitative estimate of drug-likeness (QED) is 0.537. The van der Waals surface area contributed by atoms with Crippen molar-refractivity contribution in [3.05, 3.63) is 71.4 Å². The maximum atomic E-state index is 2.37. The molecule has 0 atom stereocenters. The Balaban J connectivity index is 1.89. The topological polar surface area (TPSA) is 7.12 Å². The van der Waals surface area contributed by atoms with Crippen LogP contribution in [0.2, 0.25) is 0 Å². The summed E-state index contributed by atoms with van der Waals surface area (Å²) in [7, 11) is 0. The molecular formula is C24H29N2+. The lowest BCUT2D eigenvalue weighted by Gasteiger charge is -2.20. The summed E-state index contributed by atoms with van der Waals surface area (Å²) in [5.41, 5.74) is 6.34. The smallest absolute Gasteiger partial charge is 0.212 e. The summed E-state index contributed by atoms with van der Waals surface area (Å²) < 4.78 is 2.37. The number of fused-ring (bicyclic) bond motifs is 1. The Morgan fingerprint density at radius 2 is 1.58 bits per heavy atom. The van der Waals surface area contributed by atoms with Crippen molar-refractivity contribution in [3.8, 4) is 0 Å². The fraction of sp³-hybridized carbons (Fsp3) is 0.292. The van der Waals surface area contributed by atoms with Gasteiger partial charge in [0.05, 0.1) is 0 Å². The van der Waals surface area contributed by atoms with Crippen molar-refractivity contribution >= 4 is 28.7 Å². The molecule has 0 amide bonds. The second-order valence-electron chi connectivity index (χ2n) is 6.66. The lowest BCUT2D eigenvalue weighted by atomic mass is 10.1. The predicted octanol–water partition coefficient (Wildman–Crippen LogP) is 5.47. The van der Waals surface area contributed by atoms with Gasteiger partial charge in [-0.25, -0.2) is 0 Å². The first-order valence-corrected chi connectivity index (χ1v) is 9.62. The molecule has 0 N–H and O–H groups in total. The highest BCUT2D eigenvalue weighted by Gasteiger charge is 2.11. The number of benzene rings is 2. The molecule has 26 heavy (non-hydrogen) atoms. The minimum absolute atomic E-state index is 0.959. The van der Waals surface area contributed by atoms with Gasteiger partial charge in [-0.3, -0.25) is 0 Å². The number of rotatable bonds is 6. The Morgan fingerprint density at radius 1 is 0.846 bits per heavy atom. The molecule has 0 bridgehead atoms. The molecule has 0 saturated heterocycles. The molecule has 2 nitrogen and oxygen atoms in total. The molecule has 0 aliphatic heterocycles. The van der Waals surface area contributed by atoms with Crippen molar-refractivity contribution in [3.63, 3.8) is 0 Å². The van der Waals surface area contributed by atoms with Crippen LogP contribution in [0.25, 0.3) is 23.1 Å². The van der Waals surface area contributed by atoms with Gasteiger partial charge in [0.2, 0.25) is 11.2 Å². The van der Waals surface area contributed by atoms with Crippen LogP contribution >= 0.6 is 0 Å². The molecule has 0 saturated carbocycles. The number of hydrogen-bond acceptors (Lipinski definition) is 1. The van der Waals surface area contributed by atoms with E-state index < -0.39 is 0 Å². The normalized spacial score (nSPS) is 11.4. The zero-order valence-corrected chi connectivity index (χ0v) is 16.4. The highest BCUT2D eigenvalue weighted by molar-refractivity contribution is 5.78. The van der Waals surface area contributed by atoms with Crippen molar-refractivity contribution in [2.75, 3.05) is 18.0 Å². The Morgan fingerprint density at radius 3 is 2.23 bits per heavy atom. The molecule has 3 aromatic rings. The van der Waals surface area contributed by atoms with Gasteiger partial charge in [0, 0.05) is 42.4 Å². The van der Waals surface area contributed by atoms with Crippen molar-refractivity contribution in [2.24, 2.45) is 0 Å². The van der Waals surface area contributed by atoms with Crippen LogP contribution in [0, 0.1) is 6.92 Å². The van der Waals surface area contributed by atoms with Gasteiger partial charge in [0.15, 0.2) is 0 Å². The average Bonchev–Trinajstić information content (AvgIpc) is 2.67. The first-order chi connectivity index (χ1) is 12.7. The fourth-order valence-electron chi connectivity index (χ4n) is 3.52. The zero-order valence-electron chi connectivity index (χ0n) is 16.4. The summed E-state index contributed by atoms with van der Waals surface area (Å²) in [6, 6.07) is 19.9. The highest BCUT2D eigenvalue weighted by Crippen LogP contribution is 2.17. The molecule has 0 fully saturated rings. The van der Waals surface area contributed by atoms with Gasteiger partial charge >= 0.3 is 0 Å². The largest absolute Gasteiger partial charge is 0.372 e. The van der Waals surface area contributed by atoms with Crippen molar-refractivity contribution in [1.29, 1.82) is 0 Å². The number of aromatic nitrogens is 1. The molecule has 2 heteroatoms. The van der Waals surface area contributed by atoms with E-state index in [0.717, 1.165) is 19.6 Å². The van der Waals surface area contributed by atoms with E-state index in [9.17, 15) is 0 Å². The van der Waals surface area contributed by atoms with E-state index in [1.165, 1.54) is 33.4 Å². The van der Waals surface area contributed by atoms with E-state index in [2.05, 4.69) is 104 Å². The minimum Gasteiger partial charge on any atom is -0.372 e. The fourth-order valence-corrected chi connectivity index (χ4v) is 3.52. The van der Waals surface area contributed by atoms with Crippen LogP contribution in [0.1, 0.15) is 37.6 Å². The second kappa shape index (κ2) is 8.18. The molecule has 0 aliphatic carbocycles. The van der Waals surface area contributed by atoms with Gasteiger partial charge in [-0.05, 0) is 63.6 Å². The van der Waals surface area contributed by atoms with Gasteiger partial charge in [-0.15, -0.1) is 0 Å². The van der Waals surface area contributed by atoms with Crippen molar-refractivity contribution in [1.82, 2.24) is 0 Å². The summed E-state index contributed by atoms with van der Waals surface area (Å²) in [5, 5.41) is 1.30. The maximum Gasteiger partial charge on any atom is 0.212 e. The van der Waals surface area contributed by atoms with Crippen LogP contribution in [0.4, 0.5) is 5.69 Å². The van der Waals surface area contributed by atoms with Gasteiger partial charge < -0.3 is 4.90 Å². The van der Waals surface area contributed by atoms with E-state index >= 15 is 0 Å². The van der Waals surface area contributed by atoms with E-state index in [-0.39, 0.29) is 0 Å². The second-order valence-corrected chi connectivity index (χ2v) is 6.66. The SMILES string of the molecule is CCN(CC)c1ccc(/C=C\c2ccc3cc(C)ccc3[n+]2CC)cc1. The van der Waals surface area contributed by atoms with E-state index in [0.29, 0.717) is 0 Å². The first-order valence-electron chi connectivity index (χ1n) is 9.62. The van der Waals surface area contributed by atoms with Crippen LogP contribution in [0.5, 0.6) is 0 Å². The Labute approximate surface area is 157 Å². The molecule has 3 rings (SSSR count). The Bertz CT molecular complexity index is 903. The summed E-state index contributed by atoms with van der Waals surface area (Å²) in [5.74, 6) is 0. The maximum absolute atomic E-state index is 2.37. The molecule has 1 heterocycles. The number of aryl methyl sites for hydroxylation is 2. The average molecular weight is 346 g/mol. The Hall–Kier alpha value is -2.61. The van der Waals surface area contributed by atoms with E-state index in [1.807, 2.05) is 0 Å². The van der Waals surface area contributed by atoms with Crippen molar-refractivity contribution < 1.29 is 4.57 Å². The number of hydrogen-bond donors (Lipinski definition) is 0. The molecule has 2 aromatic carbocycles. The summed E-state index contributed by atoms with van der Waals surface area (Å²) in [4.78, 5) is 2.36. The third-order valence-electron chi connectivity index (χ3n) is 5.00. The first kappa shape index (κ1) is 18.2. The number of anilines is 1. The summed E-state index contributed by atoms with van der Waals surface area (Å²) in [6.45, 7) is 11.8. The van der Waals surface area contributed by atoms with Crippen LogP contribution < -0.4 is 9.47 Å².